The molecule has 0 atom stereocenters. The molecule has 4 aromatic rings. The number of nitrogens with zero attached hydrogens (tertiary/aromatic N) is 2. The molecule has 5 nitrogen and oxygen atoms in total. The summed E-state index contributed by atoms with van der Waals surface area (Å²) in [6.07, 6.45) is 3.25. The highest BCUT2D eigenvalue weighted by Gasteiger charge is 2.12. The maximum Gasteiger partial charge on any atom is 0.244 e. The molecule has 0 aliphatic rings. The lowest BCUT2D eigenvalue weighted by Gasteiger charge is -2.15. The molecular weight excluding hydrogens is 314 g/mol. The third-order valence-corrected chi connectivity index (χ3v) is 4.13. The second-order valence-corrected chi connectivity index (χ2v) is 5.74. The van der Waals surface area contributed by atoms with Gasteiger partial charge in [0.05, 0.1) is 22.9 Å². The lowest BCUT2D eigenvalue weighted by atomic mass is 10.1. The highest BCUT2D eigenvalue weighted by Crippen LogP contribution is 2.19. The Hall–Kier alpha value is -3.47. The minimum absolute atomic E-state index is 0.0184. The van der Waals surface area contributed by atoms with E-state index in [1.54, 1.807) is 36.7 Å². The normalized spacial score (nSPS) is 10.9. The summed E-state index contributed by atoms with van der Waals surface area (Å²) in [5.41, 5.74) is 2.11. The van der Waals surface area contributed by atoms with Gasteiger partial charge in [-0.1, -0.05) is 24.3 Å². The number of rotatable bonds is 3. The second-order valence-electron chi connectivity index (χ2n) is 5.74. The van der Waals surface area contributed by atoms with Crippen molar-refractivity contribution in [1.29, 1.82) is 0 Å². The van der Waals surface area contributed by atoms with Crippen molar-refractivity contribution in [2.45, 2.75) is 6.54 Å². The van der Waals surface area contributed by atoms with Crippen LogP contribution in [0.4, 0.5) is 5.69 Å². The van der Waals surface area contributed by atoms with Crippen LogP contribution in [0.5, 0.6) is 0 Å². The van der Waals surface area contributed by atoms with Gasteiger partial charge in [-0.2, -0.15) is 0 Å². The largest absolute Gasteiger partial charge is 0.331 e. The van der Waals surface area contributed by atoms with Crippen molar-refractivity contribution in [3.05, 3.63) is 83.3 Å². The fraction of sp³-hybridized carbons (Fsp3) is 0.0500. The molecule has 122 valence electrons. The lowest BCUT2D eigenvalue weighted by molar-refractivity contribution is -0.116. The number of fused-ring (bicyclic) bond motifs is 2. The van der Waals surface area contributed by atoms with Gasteiger partial charge in [-0.25, -0.2) is 0 Å². The number of benzene rings is 2. The van der Waals surface area contributed by atoms with Crippen LogP contribution in [0.15, 0.2) is 77.9 Å². The summed E-state index contributed by atoms with van der Waals surface area (Å²) in [4.78, 5) is 29.2. The predicted molar refractivity (Wildman–Crippen MR) is 98.6 cm³/mol. The van der Waals surface area contributed by atoms with Gasteiger partial charge in [0.1, 0.15) is 6.54 Å². The first-order chi connectivity index (χ1) is 12.2. The van der Waals surface area contributed by atoms with Crippen LogP contribution in [0, 0.1) is 0 Å². The first-order valence-electron chi connectivity index (χ1n) is 7.94. The second kappa shape index (κ2) is 6.20. The maximum atomic E-state index is 12.7. The van der Waals surface area contributed by atoms with Crippen LogP contribution in [-0.2, 0) is 11.3 Å². The smallest absolute Gasteiger partial charge is 0.244 e. The Kier molecular flexibility index (Phi) is 3.74. The highest BCUT2D eigenvalue weighted by atomic mass is 16.2. The van der Waals surface area contributed by atoms with E-state index < -0.39 is 0 Å². The number of pyridine rings is 2. The quantitative estimate of drug-likeness (QED) is 0.587. The predicted octanol–water partition coefficient (Wildman–Crippen LogP) is 3.19. The van der Waals surface area contributed by atoms with E-state index in [2.05, 4.69) is 10.3 Å². The third kappa shape index (κ3) is 2.76. The Morgan fingerprint density at radius 1 is 0.920 bits per heavy atom. The van der Waals surface area contributed by atoms with Crippen LogP contribution in [0.25, 0.3) is 21.8 Å². The molecule has 0 radical (unpaired) electrons. The van der Waals surface area contributed by atoms with Gasteiger partial charge in [-0.15, -0.1) is 0 Å². The van der Waals surface area contributed by atoms with Crippen molar-refractivity contribution < 1.29 is 4.79 Å². The van der Waals surface area contributed by atoms with Gasteiger partial charge in [-0.3, -0.25) is 14.6 Å². The number of hydrogen-bond acceptors (Lipinski definition) is 3. The Balaban J connectivity index is 1.83. The average Bonchev–Trinajstić information content (AvgIpc) is 2.66. The summed E-state index contributed by atoms with van der Waals surface area (Å²) in [6.45, 7) is 0.107. The van der Waals surface area contributed by atoms with E-state index in [1.165, 1.54) is 0 Å². The highest BCUT2D eigenvalue weighted by molar-refractivity contribution is 5.97. The zero-order valence-electron chi connectivity index (χ0n) is 13.3. The molecule has 1 amide bonds. The van der Waals surface area contributed by atoms with Crippen LogP contribution in [0.3, 0.4) is 0 Å². The van der Waals surface area contributed by atoms with E-state index in [4.69, 9.17) is 0 Å². The zero-order chi connectivity index (χ0) is 17.2. The first-order valence-corrected chi connectivity index (χ1v) is 7.94. The lowest BCUT2D eigenvalue weighted by Crippen LogP contribution is -2.21. The minimum Gasteiger partial charge on any atom is -0.331 e. The first kappa shape index (κ1) is 15.1. The van der Waals surface area contributed by atoms with Gasteiger partial charge in [-0.05, 0) is 36.4 Å². The van der Waals surface area contributed by atoms with Crippen LogP contribution >= 0.6 is 0 Å². The van der Waals surface area contributed by atoms with Crippen molar-refractivity contribution in [2.75, 3.05) is 5.32 Å². The minimum atomic E-state index is -0.174. The monoisotopic (exact) mass is 329 g/mol. The molecule has 2 heterocycles. The fourth-order valence-electron chi connectivity index (χ4n) is 3.03. The van der Waals surface area contributed by atoms with Gasteiger partial charge in [0.25, 0.3) is 0 Å². The van der Waals surface area contributed by atoms with Crippen molar-refractivity contribution in [3.63, 3.8) is 0 Å². The summed E-state index contributed by atoms with van der Waals surface area (Å²) < 4.78 is 1.87. The van der Waals surface area contributed by atoms with Crippen LogP contribution in [-0.4, -0.2) is 15.5 Å². The molecule has 2 aromatic carbocycles. The molecule has 5 heteroatoms. The molecule has 0 saturated carbocycles. The Bertz CT molecular complexity index is 1070. The molecule has 0 aliphatic heterocycles. The van der Waals surface area contributed by atoms with E-state index in [9.17, 15) is 9.59 Å². The van der Waals surface area contributed by atoms with Crippen LogP contribution in [0.2, 0.25) is 0 Å². The van der Waals surface area contributed by atoms with E-state index in [1.807, 2.05) is 41.0 Å². The summed E-state index contributed by atoms with van der Waals surface area (Å²) in [5, 5.41) is 4.05. The van der Waals surface area contributed by atoms with Crippen molar-refractivity contribution in [1.82, 2.24) is 9.55 Å². The Labute approximate surface area is 143 Å². The molecule has 1 N–H and O–H groups in total. The number of carbonyl (C=O) groups is 1. The molecule has 0 unspecified atom stereocenters. The average molecular weight is 329 g/mol. The summed E-state index contributed by atoms with van der Waals surface area (Å²) >= 11 is 0. The zero-order valence-corrected chi connectivity index (χ0v) is 13.3. The summed E-state index contributed by atoms with van der Waals surface area (Å²) in [5.74, 6) is -0.174. The molecule has 2 aromatic heterocycles. The number of anilines is 1. The van der Waals surface area contributed by atoms with Gasteiger partial charge in [0.2, 0.25) is 5.91 Å². The third-order valence-electron chi connectivity index (χ3n) is 4.13. The van der Waals surface area contributed by atoms with E-state index in [-0.39, 0.29) is 17.9 Å². The topological polar surface area (TPSA) is 64.0 Å². The van der Waals surface area contributed by atoms with Gasteiger partial charge in [0, 0.05) is 17.0 Å². The molecule has 0 aliphatic carbocycles. The van der Waals surface area contributed by atoms with Gasteiger partial charge >= 0.3 is 0 Å². The summed E-state index contributed by atoms with van der Waals surface area (Å²) in [7, 11) is 0. The molecule has 0 bridgehead atoms. The number of carbonyl (C=O) groups excluding carboxylic acids is 1. The SMILES string of the molecule is O=C(Cn1c2ccccc2c(=O)c2ccccc21)Nc1cccnc1. The summed E-state index contributed by atoms with van der Waals surface area (Å²) in [6, 6.07) is 18.3. The Morgan fingerprint density at radius 3 is 2.16 bits per heavy atom. The molecule has 0 fully saturated rings. The van der Waals surface area contributed by atoms with Crippen LogP contribution < -0.4 is 10.7 Å². The number of nitrogens with one attached hydrogen (secondary N) is 1. The van der Waals surface area contributed by atoms with Crippen molar-refractivity contribution in [3.8, 4) is 0 Å². The molecule has 0 spiro atoms. The molecule has 25 heavy (non-hydrogen) atoms. The van der Waals surface area contributed by atoms with Crippen molar-refractivity contribution >= 4 is 33.4 Å². The number of para-hydroxylation sites is 2. The Morgan fingerprint density at radius 2 is 1.56 bits per heavy atom. The maximum absolute atomic E-state index is 12.7. The van der Waals surface area contributed by atoms with E-state index >= 15 is 0 Å². The van der Waals surface area contributed by atoms with E-state index in [0.717, 1.165) is 11.0 Å². The molecule has 4 rings (SSSR count). The number of hydrogen-bond donors (Lipinski definition) is 1. The number of amides is 1. The molecular formula is C20H15N3O2. The molecule has 0 saturated heterocycles. The van der Waals surface area contributed by atoms with Gasteiger partial charge in [0.15, 0.2) is 5.43 Å². The fourth-order valence-corrected chi connectivity index (χ4v) is 3.03. The van der Waals surface area contributed by atoms with Crippen molar-refractivity contribution in [2.24, 2.45) is 0 Å². The number of aromatic nitrogens is 2. The van der Waals surface area contributed by atoms with Gasteiger partial charge < -0.3 is 9.88 Å². The van der Waals surface area contributed by atoms with E-state index in [0.29, 0.717) is 16.5 Å². The standard InChI is InChI=1S/C20H15N3O2/c24-19(22-14-6-5-11-21-12-14)13-23-17-9-3-1-7-15(17)20(25)16-8-2-4-10-18(16)23/h1-12H,13H2,(H,22,24). The van der Waals surface area contributed by atoms with Crippen LogP contribution in [0.1, 0.15) is 0 Å².